The summed E-state index contributed by atoms with van der Waals surface area (Å²) in [6.07, 6.45) is 0.502. The van der Waals surface area contributed by atoms with Crippen LogP contribution in [0, 0.1) is 0 Å². The van der Waals surface area contributed by atoms with Gasteiger partial charge in [0.1, 0.15) is 0 Å². The van der Waals surface area contributed by atoms with Crippen molar-refractivity contribution in [3.05, 3.63) is 0 Å². The molecule has 5 nitrogen and oxygen atoms in total. The average molecular weight is 248 g/mol. The largest absolute Gasteiger partial charge is 0.332 e. The highest BCUT2D eigenvalue weighted by molar-refractivity contribution is 7.91. The summed E-state index contributed by atoms with van der Waals surface area (Å²) in [7, 11) is -2.97. The Morgan fingerprint density at radius 3 is 2.31 bits per heavy atom. The second kappa shape index (κ2) is 4.61. The van der Waals surface area contributed by atoms with Gasteiger partial charge >= 0.3 is 6.03 Å². The van der Waals surface area contributed by atoms with Crippen molar-refractivity contribution in [2.75, 3.05) is 24.6 Å². The number of sulfone groups is 1. The quantitative estimate of drug-likeness (QED) is 0.796. The van der Waals surface area contributed by atoms with E-state index in [0.29, 0.717) is 19.5 Å². The van der Waals surface area contributed by atoms with E-state index in [1.807, 2.05) is 13.8 Å². The summed E-state index contributed by atoms with van der Waals surface area (Å²) in [5, 5.41) is 2.82. The lowest BCUT2D eigenvalue weighted by Crippen LogP contribution is -2.52. The summed E-state index contributed by atoms with van der Waals surface area (Å²) >= 11 is 0. The fourth-order valence-corrected chi connectivity index (χ4v) is 4.05. The van der Waals surface area contributed by atoms with Crippen LogP contribution in [0.15, 0.2) is 0 Å². The minimum absolute atomic E-state index is 0.0486. The van der Waals surface area contributed by atoms with Crippen LogP contribution in [-0.2, 0) is 9.84 Å². The number of nitrogens with one attached hydrogen (secondary N) is 1. The first kappa shape index (κ1) is 13.3. The lowest BCUT2D eigenvalue weighted by atomic mass is 10.0. The molecule has 1 N–H and O–H groups in total. The average Bonchev–Trinajstić information content (AvgIpc) is 2.42. The van der Waals surface area contributed by atoms with Crippen molar-refractivity contribution in [2.24, 2.45) is 0 Å². The van der Waals surface area contributed by atoms with Crippen LogP contribution in [0.3, 0.4) is 0 Å². The van der Waals surface area contributed by atoms with Crippen LogP contribution < -0.4 is 5.32 Å². The van der Waals surface area contributed by atoms with Gasteiger partial charge in [0.2, 0.25) is 0 Å². The zero-order valence-corrected chi connectivity index (χ0v) is 10.9. The van der Waals surface area contributed by atoms with Crippen LogP contribution in [0.2, 0.25) is 0 Å². The third-order valence-corrected chi connectivity index (χ3v) is 4.87. The van der Waals surface area contributed by atoms with E-state index in [9.17, 15) is 13.2 Å². The van der Waals surface area contributed by atoms with Gasteiger partial charge in [-0.3, -0.25) is 0 Å². The first-order valence-corrected chi connectivity index (χ1v) is 7.41. The Balaban J connectivity index is 2.64. The SMILES string of the molecule is CCN(CC)C(=O)NC1(C)CCS(=O)(=O)C1. The molecule has 1 aliphatic rings. The predicted molar refractivity (Wildman–Crippen MR) is 63.1 cm³/mol. The fraction of sp³-hybridized carbons (Fsp3) is 0.900. The molecular formula is C10H20N2O3S. The molecule has 0 aromatic carbocycles. The minimum atomic E-state index is -2.97. The molecular weight excluding hydrogens is 228 g/mol. The van der Waals surface area contributed by atoms with E-state index in [4.69, 9.17) is 0 Å². The molecule has 2 amide bonds. The number of nitrogens with zero attached hydrogens (tertiary/aromatic N) is 1. The maximum atomic E-state index is 11.8. The van der Waals surface area contributed by atoms with E-state index in [2.05, 4.69) is 5.32 Å². The Bertz CT molecular complexity index is 362. The molecule has 1 unspecified atom stereocenters. The van der Waals surface area contributed by atoms with Gasteiger partial charge in [-0.1, -0.05) is 0 Å². The van der Waals surface area contributed by atoms with Crippen molar-refractivity contribution in [3.63, 3.8) is 0 Å². The molecule has 0 aliphatic carbocycles. The van der Waals surface area contributed by atoms with Crippen LogP contribution >= 0.6 is 0 Å². The Kier molecular flexibility index (Phi) is 3.83. The topological polar surface area (TPSA) is 66.5 Å². The summed E-state index contributed by atoms with van der Waals surface area (Å²) < 4.78 is 22.7. The molecule has 16 heavy (non-hydrogen) atoms. The van der Waals surface area contributed by atoms with Crippen LogP contribution in [0.5, 0.6) is 0 Å². The van der Waals surface area contributed by atoms with Crippen LogP contribution in [0.25, 0.3) is 0 Å². The van der Waals surface area contributed by atoms with Gasteiger partial charge in [-0.25, -0.2) is 13.2 Å². The van der Waals surface area contributed by atoms with Gasteiger partial charge in [-0.2, -0.15) is 0 Å². The van der Waals surface area contributed by atoms with Crippen molar-refractivity contribution in [3.8, 4) is 0 Å². The lowest BCUT2D eigenvalue weighted by molar-refractivity contribution is 0.192. The zero-order valence-electron chi connectivity index (χ0n) is 10.1. The number of hydrogen-bond acceptors (Lipinski definition) is 3. The van der Waals surface area contributed by atoms with Gasteiger partial charge in [0.25, 0.3) is 0 Å². The number of amides is 2. The fourth-order valence-electron chi connectivity index (χ4n) is 1.96. The molecule has 6 heteroatoms. The molecule has 1 heterocycles. The molecule has 0 saturated carbocycles. The monoisotopic (exact) mass is 248 g/mol. The molecule has 1 fully saturated rings. The van der Waals surface area contributed by atoms with Crippen molar-refractivity contribution in [2.45, 2.75) is 32.7 Å². The van der Waals surface area contributed by atoms with Gasteiger partial charge in [-0.15, -0.1) is 0 Å². The molecule has 0 bridgehead atoms. The normalized spacial score (nSPS) is 27.7. The molecule has 1 saturated heterocycles. The first-order valence-electron chi connectivity index (χ1n) is 5.59. The zero-order chi connectivity index (χ0) is 12.4. The van der Waals surface area contributed by atoms with E-state index in [1.165, 1.54) is 0 Å². The molecule has 1 atom stereocenters. The molecule has 94 valence electrons. The third kappa shape index (κ3) is 3.10. The summed E-state index contributed by atoms with van der Waals surface area (Å²) in [5.41, 5.74) is -0.599. The number of carbonyl (C=O) groups is 1. The lowest BCUT2D eigenvalue weighted by Gasteiger charge is -2.28. The van der Waals surface area contributed by atoms with Crippen molar-refractivity contribution < 1.29 is 13.2 Å². The van der Waals surface area contributed by atoms with Crippen molar-refractivity contribution in [1.29, 1.82) is 0 Å². The summed E-state index contributed by atoms with van der Waals surface area (Å²) in [5.74, 6) is 0.217. The number of rotatable bonds is 3. The molecule has 1 aliphatic heterocycles. The van der Waals surface area contributed by atoms with Gasteiger partial charge in [0.15, 0.2) is 9.84 Å². The highest BCUT2D eigenvalue weighted by Gasteiger charge is 2.39. The van der Waals surface area contributed by atoms with Crippen molar-refractivity contribution in [1.82, 2.24) is 10.2 Å². The summed E-state index contributed by atoms with van der Waals surface area (Å²) in [4.78, 5) is 13.4. The third-order valence-electron chi connectivity index (χ3n) is 2.96. The maximum absolute atomic E-state index is 11.8. The number of hydrogen-bond donors (Lipinski definition) is 1. The molecule has 0 spiro atoms. The van der Waals surface area contributed by atoms with E-state index >= 15 is 0 Å². The second-order valence-corrected chi connectivity index (χ2v) is 6.69. The van der Waals surface area contributed by atoms with Gasteiger partial charge in [0.05, 0.1) is 17.0 Å². The van der Waals surface area contributed by atoms with Gasteiger partial charge in [0, 0.05) is 13.1 Å². The number of urea groups is 1. The Morgan fingerprint density at radius 1 is 1.38 bits per heavy atom. The number of carbonyl (C=O) groups excluding carboxylic acids is 1. The minimum Gasteiger partial charge on any atom is -0.332 e. The summed E-state index contributed by atoms with van der Waals surface area (Å²) in [6.45, 7) is 6.85. The van der Waals surface area contributed by atoms with Crippen molar-refractivity contribution >= 4 is 15.9 Å². The van der Waals surface area contributed by atoms with Gasteiger partial charge < -0.3 is 10.2 Å². The second-order valence-electron chi connectivity index (χ2n) is 4.51. The molecule has 0 aromatic rings. The maximum Gasteiger partial charge on any atom is 0.317 e. The van der Waals surface area contributed by atoms with E-state index in [-0.39, 0.29) is 17.5 Å². The first-order chi connectivity index (χ1) is 7.32. The molecule has 0 radical (unpaired) electrons. The Labute approximate surface area is 97.1 Å². The van der Waals surface area contributed by atoms with Gasteiger partial charge in [-0.05, 0) is 27.2 Å². The Morgan fingerprint density at radius 2 is 1.94 bits per heavy atom. The van der Waals surface area contributed by atoms with Crippen LogP contribution in [0.4, 0.5) is 4.79 Å². The summed E-state index contributed by atoms with van der Waals surface area (Å²) in [6, 6.07) is -0.176. The predicted octanol–water partition coefficient (Wildman–Crippen LogP) is 0.615. The standard InChI is InChI=1S/C10H20N2O3S/c1-4-12(5-2)9(13)11-10(3)6-7-16(14,15)8-10/h4-8H2,1-3H3,(H,11,13). The van der Waals surface area contributed by atoms with Crippen LogP contribution in [-0.4, -0.2) is 49.5 Å². The molecule has 1 rings (SSSR count). The van der Waals surface area contributed by atoms with E-state index < -0.39 is 15.4 Å². The van der Waals surface area contributed by atoms with Crippen LogP contribution in [0.1, 0.15) is 27.2 Å². The van der Waals surface area contributed by atoms with E-state index in [1.54, 1.807) is 11.8 Å². The Hall–Kier alpha value is -0.780. The molecule has 0 aromatic heterocycles. The highest BCUT2D eigenvalue weighted by Crippen LogP contribution is 2.22. The highest BCUT2D eigenvalue weighted by atomic mass is 32.2. The van der Waals surface area contributed by atoms with E-state index in [0.717, 1.165) is 0 Å². The smallest absolute Gasteiger partial charge is 0.317 e.